The number of carbonyl (C=O) groups is 1. The number of carbonyl (C=O) groups excluding carboxylic acids is 1. The van der Waals surface area contributed by atoms with E-state index in [2.05, 4.69) is 27.4 Å². The van der Waals surface area contributed by atoms with E-state index in [1.165, 1.54) is 12.1 Å². The fourth-order valence-corrected chi connectivity index (χ4v) is 3.79. The van der Waals surface area contributed by atoms with Gasteiger partial charge in [0.25, 0.3) is 5.91 Å². The van der Waals surface area contributed by atoms with Gasteiger partial charge in [0, 0.05) is 12.6 Å². The molecule has 0 aliphatic rings. The maximum absolute atomic E-state index is 13.5. The monoisotopic (exact) mass is 445 g/mol. The third kappa shape index (κ3) is 5.27. The summed E-state index contributed by atoms with van der Waals surface area (Å²) in [5.41, 5.74) is 17.9. The molecule has 0 unspecified atom stereocenters. The molecule has 0 radical (unpaired) electrons. The summed E-state index contributed by atoms with van der Waals surface area (Å²) in [7, 11) is 0. The van der Waals surface area contributed by atoms with E-state index in [9.17, 15) is 9.18 Å². The van der Waals surface area contributed by atoms with E-state index < -0.39 is 0 Å². The number of hydrogen-bond donors (Lipinski definition) is 4. The molecule has 0 aliphatic heterocycles. The summed E-state index contributed by atoms with van der Waals surface area (Å²) in [5.74, 6) is -0.378. The number of aromatic nitrogens is 2. The molecule has 6 nitrogen and oxygen atoms in total. The molecule has 33 heavy (non-hydrogen) atoms. The smallest absolute Gasteiger partial charge is 0.287 e. The highest BCUT2D eigenvalue weighted by atomic mass is 19.1. The van der Waals surface area contributed by atoms with Crippen molar-refractivity contribution in [2.24, 2.45) is 11.5 Å². The predicted molar refractivity (Wildman–Crippen MR) is 130 cm³/mol. The molecule has 0 spiro atoms. The quantitative estimate of drug-likeness (QED) is 0.327. The molecule has 4 aromatic rings. The van der Waals surface area contributed by atoms with Crippen molar-refractivity contribution in [3.8, 4) is 22.3 Å². The first-order chi connectivity index (χ1) is 15.9. The van der Waals surface area contributed by atoms with E-state index >= 15 is 0 Å². The molecule has 0 aliphatic carbocycles. The first-order valence-corrected chi connectivity index (χ1v) is 11.0. The Bertz CT molecular complexity index is 1170. The number of aromatic amines is 1. The Morgan fingerprint density at radius 2 is 1.70 bits per heavy atom. The van der Waals surface area contributed by atoms with Gasteiger partial charge in [-0.3, -0.25) is 4.79 Å². The molecular weight excluding hydrogens is 417 g/mol. The number of aryl methyl sites for hydroxylation is 1. The average molecular weight is 446 g/mol. The molecule has 0 bridgehead atoms. The van der Waals surface area contributed by atoms with Crippen LogP contribution >= 0.6 is 0 Å². The van der Waals surface area contributed by atoms with E-state index in [1.807, 2.05) is 31.2 Å². The van der Waals surface area contributed by atoms with Gasteiger partial charge < -0.3 is 21.8 Å². The zero-order valence-electron chi connectivity index (χ0n) is 18.6. The topological polar surface area (TPSA) is 110 Å². The maximum Gasteiger partial charge on any atom is 0.287 e. The Hall–Kier alpha value is -3.55. The fraction of sp³-hybridized carbons (Fsp3) is 0.231. The molecule has 7 heteroatoms. The highest BCUT2D eigenvalue weighted by Crippen LogP contribution is 2.35. The Labute approximate surface area is 192 Å². The summed E-state index contributed by atoms with van der Waals surface area (Å²) in [6.07, 6.45) is 1.56. The predicted octanol–water partition coefficient (Wildman–Crippen LogP) is 4.14. The summed E-state index contributed by atoms with van der Waals surface area (Å²) in [4.78, 5) is 20.3. The van der Waals surface area contributed by atoms with Crippen molar-refractivity contribution in [1.82, 2.24) is 15.3 Å². The van der Waals surface area contributed by atoms with Gasteiger partial charge in [-0.2, -0.15) is 0 Å². The van der Waals surface area contributed by atoms with E-state index in [1.54, 1.807) is 12.1 Å². The van der Waals surface area contributed by atoms with Crippen LogP contribution in [0, 0.1) is 12.7 Å². The van der Waals surface area contributed by atoms with E-state index in [-0.39, 0.29) is 23.6 Å². The molecule has 0 saturated carbocycles. The van der Waals surface area contributed by atoms with Crippen LogP contribution < -0.4 is 16.8 Å². The Kier molecular flexibility index (Phi) is 6.82. The van der Waals surface area contributed by atoms with Crippen LogP contribution in [0.15, 0.2) is 60.7 Å². The number of hydrogen-bond acceptors (Lipinski definition) is 4. The lowest BCUT2D eigenvalue weighted by molar-refractivity contribution is 0.0941. The summed E-state index contributed by atoms with van der Waals surface area (Å²) in [6, 6.07) is 18.3. The molecule has 0 saturated heterocycles. The van der Waals surface area contributed by atoms with Gasteiger partial charge in [0.15, 0.2) is 5.82 Å². The molecule has 3 aromatic carbocycles. The molecular formula is C26H28FN5O. The van der Waals surface area contributed by atoms with Crippen LogP contribution in [0.3, 0.4) is 0 Å². The van der Waals surface area contributed by atoms with Crippen LogP contribution in [0.4, 0.5) is 4.39 Å². The van der Waals surface area contributed by atoms with Crippen LogP contribution in [-0.2, 0) is 0 Å². The Morgan fingerprint density at radius 3 is 2.36 bits per heavy atom. The number of nitrogens with two attached hydrogens (primary N) is 2. The van der Waals surface area contributed by atoms with Gasteiger partial charge in [0.05, 0.1) is 11.0 Å². The second kappa shape index (κ2) is 9.94. The van der Waals surface area contributed by atoms with Crippen molar-refractivity contribution in [2.45, 2.75) is 25.8 Å². The van der Waals surface area contributed by atoms with Gasteiger partial charge in [-0.1, -0.05) is 42.0 Å². The van der Waals surface area contributed by atoms with E-state index in [0.717, 1.165) is 46.2 Å². The number of fused-ring (bicyclic) bond motifs is 1. The van der Waals surface area contributed by atoms with Gasteiger partial charge in [-0.15, -0.1) is 0 Å². The molecule has 1 aromatic heterocycles. The molecule has 1 heterocycles. The Balaban J connectivity index is 1.70. The van der Waals surface area contributed by atoms with Crippen LogP contribution in [0.2, 0.25) is 0 Å². The number of amides is 1. The summed E-state index contributed by atoms with van der Waals surface area (Å²) >= 11 is 0. The minimum atomic E-state index is -0.311. The second-order valence-electron chi connectivity index (χ2n) is 8.27. The molecule has 6 N–H and O–H groups in total. The van der Waals surface area contributed by atoms with Crippen molar-refractivity contribution in [3.63, 3.8) is 0 Å². The van der Waals surface area contributed by atoms with Gasteiger partial charge in [0.2, 0.25) is 0 Å². The third-order valence-electron chi connectivity index (χ3n) is 5.66. The summed E-state index contributed by atoms with van der Waals surface area (Å²) < 4.78 is 13.5. The van der Waals surface area contributed by atoms with E-state index in [0.29, 0.717) is 18.6 Å². The van der Waals surface area contributed by atoms with E-state index in [4.69, 9.17) is 11.5 Å². The van der Waals surface area contributed by atoms with Crippen LogP contribution in [0.5, 0.6) is 0 Å². The first-order valence-electron chi connectivity index (χ1n) is 11.0. The molecule has 0 fully saturated rings. The van der Waals surface area contributed by atoms with Crippen molar-refractivity contribution in [1.29, 1.82) is 0 Å². The van der Waals surface area contributed by atoms with Crippen molar-refractivity contribution >= 4 is 16.9 Å². The highest BCUT2D eigenvalue weighted by molar-refractivity contribution is 5.98. The van der Waals surface area contributed by atoms with Crippen LogP contribution in [0.25, 0.3) is 33.3 Å². The first kappa shape index (κ1) is 22.6. The minimum Gasteiger partial charge on any atom is -0.348 e. The van der Waals surface area contributed by atoms with Crippen LogP contribution in [0.1, 0.15) is 29.0 Å². The average Bonchev–Trinajstić information content (AvgIpc) is 3.24. The number of H-pyrrole nitrogens is 1. The number of imidazole rings is 1. The highest BCUT2D eigenvalue weighted by Gasteiger charge is 2.16. The zero-order valence-corrected chi connectivity index (χ0v) is 18.6. The maximum atomic E-state index is 13.5. The minimum absolute atomic E-state index is 0.153. The normalized spacial score (nSPS) is 12.1. The summed E-state index contributed by atoms with van der Waals surface area (Å²) in [5, 5.41) is 2.83. The number of benzene rings is 3. The molecule has 1 atom stereocenters. The standard InChI is InChI=1S/C26H28FN5O/c1-16-4-6-17(7-5-16)21-13-23-24(14-22(21)18-8-10-19(27)11-9-18)32-25(31-23)26(33)30-15-20(29)3-2-12-28/h4-11,13-14,20H,2-3,12,15,28-29H2,1H3,(H,30,33)(H,31,32)/t20-/m0/s1. The lowest BCUT2D eigenvalue weighted by Crippen LogP contribution is -2.37. The number of halogens is 1. The van der Waals surface area contributed by atoms with Crippen molar-refractivity contribution in [3.05, 3.63) is 77.9 Å². The lowest BCUT2D eigenvalue weighted by atomic mass is 9.93. The number of rotatable bonds is 8. The van der Waals surface area contributed by atoms with Crippen molar-refractivity contribution in [2.75, 3.05) is 13.1 Å². The van der Waals surface area contributed by atoms with Crippen LogP contribution in [-0.4, -0.2) is 35.0 Å². The molecule has 170 valence electrons. The summed E-state index contributed by atoms with van der Waals surface area (Å²) in [6.45, 7) is 2.96. The SMILES string of the molecule is Cc1ccc(-c2cc3[nH]c(C(=O)NC[C@@H](N)CCCN)nc3cc2-c2ccc(F)cc2)cc1. The molecule has 1 amide bonds. The van der Waals surface area contributed by atoms with Gasteiger partial charge in [0.1, 0.15) is 5.82 Å². The largest absolute Gasteiger partial charge is 0.348 e. The third-order valence-corrected chi connectivity index (χ3v) is 5.66. The van der Waals surface area contributed by atoms with Gasteiger partial charge in [-0.05, 0) is 72.8 Å². The van der Waals surface area contributed by atoms with Gasteiger partial charge in [-0.25, -0.2) is 9.37 Å². The molecule has 4 rings (SSSR count). The Morgan fingerprint density at radius 1 is 1.06 bits per heavy atom. The van der Waals surface area contributed by atoms with Gasteiger partial charge >= 0.3 is 0 Å². The lowest BCUT2D eigenvalue weighted by Gasteiger charge is -2.11. The number of nitrogens with zero attached hydrogens (tertiary/aromatic N) is 1. The fourth-order valence-electron chi connectivity index (χ4n) is 3.79. The second-order valence-corrected chi connectivity index (χ2v) is 8.27. The van der Waals surface area contributed by atoms with Crippen molar-refractivity contribution < 1.29 is 9.18 Å². The zero-order chi connectivity index (χ0) is 23.4. The number of nitrogens with one attached hydrogen (secondary N) is 2.